The van der Waals surface area contributed by atoms with Crippen molar-refractivity contribution < 1.29 is 8.42 Å². The number of rotatable bonds is 8. The summed E-state index contributed by atoms with van der Waals surface area (Å²) in [7, 11) is 0.238. The molecule has 0 aliphatic heterocycles. The Bertz CT molecular complexity index is 826. The molecule has 0 atom stereocenters. The van der Waals surface area contributed by atoms with Crippen LogP contribution in [-0.2, 0) is 16.4 Å². The molecule has 2 aromatic rings. The third kappa shape index (κ3) is 5.80. The smallest absolute Gasteiger partial charge is 0.241 e. The van der Waals surface area contributed by atoms with Gasteiger partial charge in [0.25, 0.3) is 0 Å². The number of hydrogen-bond acceptors (Lipinski definition) is 5. The molecule has 0 aliphatic carbocycles. The lowest BCUT2D eigenvalue weighted by atomic mass is 10.3. The second-order valence-corrected chi connectivity index (χ2v) is 10.1. The number of nitrogens with one attached hydrogen (secondary N) is 2. The van der Waals surface area contributed by atoms with Crippen LogP contribution in [-0.4, -0.2) is 53.0 Å². The Hall–Kier alpha value is -1.42. The molecule has 0 saturated heterocycles. The van der Waals surface area contributed by atoms with Crippen molar-refractivity contribution in [2.24, 2.45) is 4.99 Å². The van der Waals surface area contributed by atoms with Gasteiger partial charge in [-0.1, -0.05) is 6.07 Å². The number of hydrogen-bond donors (Lipinski definition) is 2. The maximum Gasteiger partial charge on any atom is 0.241 e. The fourth-order valence-electron chi connectivity index (χ4n) is 2.54. The monoisotopic (exact) mass is 414 g/mol. The van der Waals surface area contributed by atoms with Crippen molar-refractivity contribution in [1.82, 2.24) is 14.9 Å². The van der Waals surface area contributed by atoms with Crippen LogP contribution in [0, 0.1) is 13.8 Å². The highest BCUT2D eigenvalue weighted by Gasteiger charge is 2.18. The van der Waals surface area contributed by atoms with Crippen molar-refractivity contribution in [3.05, 3.63) is 38.2 Å². The van der Waals surface area contributed by atoms with Crippen molar-refractivity contribution >= 4 is 38.7 Å². The standard InChI is InChI=1S/C17H26N4O2S3/c1-13-12-16(14(2)25-13)26(22,23)20-9-8-19-17(18-3)21(4)10-7-15-6-5-11-24-15/h5-6,11-12,20H,7-10H2,1-4H3,(H,18,19). The lowest BCUT2D eigenvalue weighted by Gasteiger charge is -2.21. The molecule has 2 N–H and O–H groups in total. The molecule has 0 aromatic carbocycles. The van der Waals surface area contributed by atoms with E-state index < -0.39 is 10.0 Å². The summed E-state index contributed by atoms with van der Waals surface area (Å²) in [5, 5.41) is 5.27. The molecule has 0 fully saturated rings. The van der Waals surface area contributed by atoms with E-state index in [-0.39, 0.29) is 0 Å². The third-order valence-electron chi connectivity index (χ3n) is 3.83. The number of guanidine groups is 1. The number of sulfonamides is 1. The lowest BCUT2D eigenvalue weighted by Crippen LogP contribution is -2.43. The Balaban J connectivity index is 1.79. The van der Waals surface area contributed by atoms with Crippen LogP contribution in [0.25, 0.3) is 0 Å². The minimum Gasteiger partial charge on any atom is -0.355 e. The van der Waals surface area contributed by atoms with Gasteiger partial charge in [0.15, 0.2) is 5.96 Å². The maximum atomic E-state index is 12.4. The summed E-state index contributed by atoms with van der Waals surface area (Å²) < 4.78 is 27.4. The summed E-state index contributed by atoms with van der Waals surface area (Å²) in [4.78, 5) is 9.81. The quantitative estimate of drug-likeness (QED) is 0.395. The van der Waals surface area contributed by atoms with Gasteiger partial charge in [0.1, 0.15) is 0 Å². The summed E-state index contributed by atoms with van der Waals surface area (Å²) in [5.41, 5.74) is 0. The number of thiophene rings is 2. The van der Waals surface area contributed by atoms with Crippen LogP contribution in [0.15, 0.2) is 33.5 Å². The van der Waals surface area contributed by atoms with E-state index in [1.807, 2.05) is 25.8 Å². The van der Waals surface area contributed by atoms with Crippen LogP contribution < -0.4 is 10.0 Å². The average molecular weight is 415 g/mol. The number of aliphatic imine (C=N–C) groups is 1. The first kappa shape index (κ1) is 20.9. The van der Waals surface area contributed by atoms with Crippen molar-refractivity contribution in [1.29, 1.82) is 0 Å². The maximum absolute atomic E-state index is 12.4. The predicted octanol–water partition coefficient (Wildman–Crippen LogP) is 2.45. The van der Waals surface area contributed by atoms with Gasteiger partial charge in [-0.3, -0.25) is 4.99 Å². The van der Waals surface area contributed by atoms with Crippen LogP contribution in [0.5, 0.6) is 0 Å². The average Bonchev–Trinajstić information content (AvgIpc) is 3.22. The minimum atomic E-state index is -3.47. The summed E-state index contributed by atoms with van der Waals surface area (Å²) in [6.07, 6.45) is 0.957. The van der Waals surface area contributed by atoms with E-state index in [9.17, 15) is 8.42 Å². The minimum absolute atomic E-state index is 0.300. The van der Waals surface area contributed by atoms with Gasteiger partial charge < -0.3 is 10.2 Å². The molecule has 0 aliphatic rings. The van der Waals surface area contributed by atoms with Crippen molar-refractivity contribution in [3.63, 3.8) is 0 Å². The van der Waals surface area contributed by atoms with Crippen LogP contribution >= 0.6 is 22.7 Å². The van der Waals surface area contributed by atoms with Crippen molar-refractivity contribution in [2.45, 2.75) is 25.2 Å². The molecule has 2 heterocycles. The first-order valence-electron chi connectivity index (χ1n) is 8.34. The van der Waals surface area contributed by atoms with E-state index >= 15 is 0 Å². The van der Waals surface area contributed by atoms with Crippen molar-refractivity contribution in [2.75, 3.05) is 33.7 Å². The zero-order chi connectivity index (χ0) is 19.2. The van der Waals surface area contributed by atoms with E-state index in [4.69, 9.17) is 0 Å². The SMILES string of the molecule is CN=C(NCCNS(=O)(=O)c1cc(C)sc1C)N(C)CCc1cccs1. The first-order chi connectivity index (χ1) is 12.3. The van der Waals surface area contributed by atoms with E-state index in [1.165, 1.54) is 16.2 Å². The van der Waals surface area contributed by atoms with Gasteiger partial charge in [-0.15, -0.1) is 22.7 Å². The molecule has 0 bridgehead atoms. The third-order valence-corrected chi connectivity index (χ3v) is 7.45. The van der Waals surface area contributed by atoms with Crippen LogP contribution in [0.2, 0.25) is 0 Å². The molecule has 0 radical (unpaired) electrons. The zero-order valence-electron chi connectivity index (χ0n) is 15.6. The largest absolute Gasteiger partial charge is 0.355 e. The van der Waals surface area contributed by atoms with Crippen LogP contribution in [0.3, 0.4) is 0 Å². The first-order valence-corrected chi connectivity index (χ1v) is 11.5. The fourth-order valence-corrected chi connectivity index (χ4v) is 5.82. The van der Waals surface area contributed by atoms with Gasteiger partial charge in [-0.05, 0) is 37.8 Å². The Morgan fingerprint density at radius 3 is 2.65 bits per heavy atom. The van der Waals surface area contributed by atoms with E-state index in [0.717, 1.165) is 28.7 Å². The zero-order valence-corrected chi connectivity index (χ0v) is 18.0. The summed E-state index contributed by atoms with van der Waals surface area (Å²) in [5.74, 6) is 0.753. The molecule has 0 amide bonds. The van der Waals surface area contributed by atoms with Crippen molar-refractivity contribution in [3.8, 4) is 0 Å². The van der Waals surface area contributed by atoms with E-state index in [0.29, 0.717) is 18.0 Å². The molecular weight excluding hydrogens is 388 g/mol. The number of aryl methyl sites for hydroxylation is 2. The lowest BCUT2D eigenvalue weighted by molar-refractivity contribution is 0.486. The molecular formula is C17H26N4O2S3. The fraction of sp³-hybridized carbons (Fsp3) is 0.471. The molecule has 2 rings (SSSR count). The second kappa shape index (κ2) is 9.50. The molecule has 0 saturated carbocycles. The number of nitrogens with zero attached hydrogens (tertiary/aromatic N) is 2. The van der Waals surface area contributed by atoms with Gasteiger partial charge in [0.05, 0.1) is 4.90 Å². The van der Waals surface area contributed by atoms with E-state index in [2.05, 4.69) is 32.5 Å². The van der Waals surface area contributed by atoms with Gasteiger partial charge in [-0.2, -0.15) is 0 Å². The topological polar surface area (TPSA) is 73.8 Å². The molecule has 26 heavy (non-hydrogen) atoms. The molecule has 0 spiro atoms. The Labute approximate surface area is 164 Å². The predicted molar refractivity (Wildman–Crippen MR) is 111 cm³/mol. The molecule has 144 valence electrons. The van der Waals surface area contributed by atoms with Gasteiger partial charge >= 0.3 is 0 Å². The summed E-state index contributed by atoms with van der Waals surface area (Å²) >= 11 is 3.24. The Kier molecular flexibility index (Phi) is 7.63. The summed E-state index contributed by atoms with van der Waals surface area (Å²) in [6.45, 7) is 5.36. The van der Waals surface area contributed by atoms with Crippen LogP contribution in [0.1, 0.15) is 14.6 Å². The normalized spacial score (nSPS) is 12.4. The second-order valence-electron chi connectivity index (χ2n) is 5.90. The van der Waals surface area contributed by atoms with Gasteiger partial charge in [-0.25, -0.2) is 13.1 Å². The number of likely N-dealkylation sites (N-methyl/N-ethyl adjacent to an activating group) is 1. The van der Waals surface area contributed by atoms with Gasteiger partial charge in [0, 0.05) is 48.4 Å². The summed E-state index contributed by atoms with van der Waals surface area (Å²) in [6, 6.07) is 5.89. The molecule has 6 nitrogen and oxygen atoms in total. The van der Waals surface area contributed by atoms with E-state index in [1.54, 1.807) is 24.5 Å². The Morgan fingerprint density at radius 2 is 2.08 bits per heavy atom. The Morgan fingerprint density at radius 1 is 1.31 bits per heavy atom. The highest BCUT2D eigenvalue weighted by molar-refractivity contribution is 7.89. The van der Waals surface area contributed by atoms with Crippen LogP contribution in [0.4, 0.5) is 0 Å². The molecule has 9 heteroatoms. The highest BCUT2D eigenvalue weighted by Crippen LogP contribution is 2.24. The highest BCUT2D eigenvalue weighted by atomic mass is 32.2. The molecule has 0 unspecified atom stereocenters. The molecule has 2 aromatic heterocycles. The van der Waals surface area contributed by atoms with Gasteiger partial charge in [0.2, 0.25) is 10.0 Å².